The lowest BCUT2D eigenvalue weighted by atomic mass is 9.36. The van der Waals surface area contributed by atoms with Gasteiger partial charge in [-0.05, 0) is 72.5 Å². The van der Waals surface area contributed by atoms with Gasteiger partial charge in [0.05, 0.1) is 0 Å². The van der Waals surface area contributed by atoms with Gasteiger partial charge in [-0.15, -0.1) is 11.3 Å². The normalized spacial score (nSPS) is 12.3. The third-order valence-corrected chi connectivity index (χ3v) is 16.8. The van der Waals surface area contributed by atoms with E-state index in [2.05, 4.69) is 200 Å². The fourth-order valence-corrected chi connectivity index (χ4v) is 14.5. The summed E-state index contributed by atoms with van der Waals surface area (Å²) in [6.07, 6.45) is 0. The van der Waals surface area contributed by atoms with E-state index in [9.17, 15) is 0 Å². The number of para-hydroxylation sites is 2. The van der Waals surface area contributed by atoms with Crippen molar-refractivity contribution in [1.29, 1.82) is 0 Å². The summed E-state index contributed by atoms with van der Waals surface area (Å²) < 4.78 is 9.03. The largest absolute Gasteiger partial charge is 0.458 e. The van der Waals surface area contributed by atoms with E-state index in [1.54, 1.807) is 0 Å². The van der Waals surface area contributed by atoms with Gasteiger partial charge in [0.2, 0.25) is 0 Å². The van der Waals surface area contributed by atoms with Crippen molar-refractivity contribution >= 4 is 83.4 Å². The summed E-state index contributed by atoms with van der Waals surface area (Å²) in [6.45, 7) is 0.0982. The molecular weight excluding hydrogens is 663 g/mol. The monoisotopic (exact) mass is 696 g/mol. The van der Waals surface area contributed by atoms with Gasteiger partial charge in [0.1, 0.15) is 11.5 Å². The van der Waals surface area contributed by atoms with Crippen molar-refractivity contribution in [3.8, 4) is 22.6 Å². The molecule has 52 heavy (non-hydrogen) atoms. The van der Waals surface area contributed by atoms with E-state index in [-0.39, 0.29) is 6.71 Å². The third-order valence-electron chi connectivity index (χ3n) is 10.8. The maximum Gasteiger partial charge on any atom is 0.252 e. The molecule has 2 heterocycles. The summed E-state index contributed by atoms with van der Waals surface area (Å²) in [5.41, 5.74) is 6.23. The lowest BCUT2D eigenvalue weighted by molar-refractivity contribution is 0.487. The fraction of sp³-hybridized carbons (Fsp3) is 0. The zero-order valence-corrected chi connectivity index (χ0v) is 30.3. The summed E-state index contributed by atoms with van der Waals surface area (Å²) in [5.74, 6) is 1.88. The quantitative estimate of drug-likeness (QED) is 0.128. The van der Waals surface area contributed by atoms with Crippen molar-refractivity contribution in [3.05, 3.63) is 200 Å². The SMILES string of the molecule is c1ccc([Si](c2ccccc2)(c2ccccc2)c2cccc(-c3ccc4sc5c(B6c7ccccc7Oc7ccccc76)cccc5c4c3)c2)cc1. The van der Waals surface area contributed by atoms with Gasteiger partial charge in [-0.2, -0.15) is 0 Å². The van der Waals surface area contributed by atoms with Crippen LogP contribution in [-0.4, -0.2) is 14.8 Å². The third kappa shape index (κ3) is 4.91. The van der Waals surface area contributed by atoms with Crippen molar-refractivity contribution in [2.45, 2.75) is 0 Å². The van der Waals surface area contributed by atoms with E-state index in [1.807, 2.05) is 11.3 Å². The molecule has 1 aliphatic heterocycles. The summed E-state index contributed by atoms with van der Waals surface area (Å²) >= 11 is 1.90. The molecule has 244 valence electrons. The van der Waals surface area contributed by atoms with Crippen LogP contribution < -0.4 is 41.9 Å². The van der Waals surface area contributed by atoms with Crippen LogP contribution in [0.1, 0.15) is 0 Å². The van der Waals surface area contributed by atoms with Crippen LogP contribution in [0, 0.1) is 0 Å². The highest BCUT2D eigenvalue weighted by Gasteiger charge is 2.41. The predicted molar refractivity (Wildman–Crippen MR) is 226 cm³/mol. The molecule has 0 saturated heterocycles. The van der Waals surface area contributed by atoms with E-state index in [0.717, 1.165) is 11.5 Å². The van der Waals surface area contributed by atoms with Gasteiger partial charge in [-0.1, -0.05) is 181 Å². The Kier molecular flexibility index (Phi) is 7.52. The maximum atomic E-state index is 6.39. The van der Waals surface area contributed by atoms with E-state index in [0.29, 0.717) is 0 Å². The Balaban J connectivity index is 1.15. The minimum absolute atomic E-state index is 0.0982. The van der Waals surface area contributed by atoms with Gasteiger partial charge >= 0.3 is 0 Å². The number of hydrogen-bond acceptors (Lipinski definition) is 2. The number of fused-ring (bicyclic) bond motifs is 5. The molecule has 0 amide bonds. The van der Waals surface area contributed by atoms with Crippen LogP contribution in [0.2, 0.25) is 0 Å². The lowest BCUT2D eigenvalue weighted by Crippen LogP contribution is -2.74. The molecule has 0 radical (unpaired) electrons. The van der Waals surface area contributed by atoms with Gasteiger partial charge in [-0.3, -0.25) is 0 Å². The fourth-order valence-electron chi connectivity index (χ4n) is 8.47. The predicted octanol–water partition coefficient (Wildman–Crippen LogP) is 7.72. The first-order chi connectivity index (χ1) is 25.8. The molecule has 1 aromatic heterocycles. The molecule has 0 spiro atoms. The average molecular weight is 697 g/mol. The number of hydrogen-bond donors (Lipinski definition) is 0. The van der Waals surface area contributed by atoms with Crippen molar-refractivity contribution in [1.82, 2.24) is 0 Å². The van der Waals surface area contributed by atoms with Crippen molar-refractivity contribution in [2.75, 3.05) is 0 Å². The van der Waals surface area contributed by atoms with Crippen LogP contribution in [0.25, 0.3) is 31.3 Å². The standard InChI is InChI=1S/C48H33BOSSi/c1-4-17-36(18-5-1)52(37-19-6-2-7-20-37,38-21-8-3-9-22-38)39-23-14-16-34(32-39)35-30-31-47-41(33-35)40-24-15-27-44(48(40)51-47)49-42-25-10-12-28-45(42)50-46-29-13-11-26-43(46)49/h1-33H. The number of thiophene rings is 1. The summed E-state index contributed by atoms with van der Waals surface area (Å²) in [6, 6.07) is 73.7. The van der Waals surface area contributed by atoms with Crippen LogP contribution in [-0.2, 0) is 0 Å². The molecule has 4 heteroatoms. The van der Waals surface area contributed by atoms with E-state index >= 15 is 0 Å². The molecule has 0 aliphatic carbocycles. The Morgan fingerprint density at radius 2 is 0.885 bits per heavy atom. The lowest BCUT2D eigenvalue weighted by Gasteiger charge is -2.34. The molecule has 0 atom stereocenters. The van der Waals surface area contributed by atoms with E-state index in [1.165, 1.54) is 68.4 Å². The van der Waals surface area contributed by atoms with Crippen LogP contribution in [0.15, 0.2) is 200 Å². The van der Waals surface area contributed by atoms with Crippen LogP contribution in [0.4, 0.5) is 0 Å². The Hall–Kier alpha value is -5.94. The zero-order valence-electron chi connectivity index (χ0n) is 28.4. The summed E-state index contributed by atoms with van der Waals surface area (Å²) in [5, 5.41) is 8.13. The Morgan fingerprint density at radius 3 is 1.50 bits per heavy atom. The molecule has 8 aromatic carbocycles. The highest BCUT2D eigenvalue weighted by molar-refractivity contribution is 7.27. The topological polar surface area (TPSA) is 9.23 Å². The molecule has 0 N–H and O–H groups in total. The minimum Gasteiger partial charge on any atom is -0.458 e. The smallest absolute Gasteiger partial charge is 0.252 e. The van der Waals surface area contributed by atoms with Crippen molar-refractivity contribution in [3.63, 3.8) is 0 Å². The van der Waals surface area contributed by atoms with Crippen molar-refractivity contribution in [2.24, 2.45) is 0 Å². The molecule has 0 unspecified atom stereocenters. The first kappa shape index (κ1) is 30.9. The number of benzene rings is 8. The second-order valence-electron chi connectivity index (χ2n) is 13.6. The summed E-state index contributed by atoms with van der Waals surface area (Å²) in [7, 11) is -2.64. The highest BCUT2D eigenvalue weighted by Crippen LogP contribution is 2.36. The van der Waals surface area contributed by atoms with Gasteiger partial charge in [0.15, 0.2) is 8.07 Å². The molecule has 0 bridgehead atoms. The first-order valence-electron chi connectivity index (χ1n) is 17.9. The molecule has 0 saturated carbocycles. The number of ether oxygens (including phenoxy) is 1. The Labute approximate surface area is 309 Å². The van der Waals surface area contributed by atoms with Crippen molar-refractivity contribution < 1.29 is 4.74 Å². The molecule has 0 fully saturated rings. The van der Waals surface area contributed by atoms with Gasteiger partial charge in [0.25, 0.3) is 6.71 Å². The second kappa shape index (κ2) is 12.7. The Bertz CT molecular complexity index is 2580. The molecule has 1 nitrogen and oxygen atoms in total. The minimum atomic E-state index is -2.64. The average Bonchev–Trinajstić information content (AvgIpc) is 3.60. The summed E-state index contributed by atoms with van der Waals surface area (Å²) in [4.78, 5) is 0. The highest BCUT2D eigenvalue weighted by atomic mass is 32.1. The van der Waals surface area contributed by atoms with Gasteiger partial charge in [-0.25, -0.2) is 0 Å². The van der Waals surface area contributed by atoms with Gasteiger partial charge in [0, 0.05) is 14.8 Å². The van der Waals surface area contributed by atoms with E-state index in [4.69, 9.17) is 4.74 Å². The van der Waals surface area contributed by atoms with Crippen LogP contribution >= 0.6 is 11.3 Å². The van der Waals surface area contributed by atoms with Crippen LogP contribution in [0.5, 0.6) is 11.5 Å². The van der Waals surface area contributed by atoms with E-state index < -0.39 is 8.07 Å². The molecule has 10 rings (SSSR count). The number of rotatable bonds is 6. The Morgan fingerprint density at radius 1 is 0.385 bits per heavy atom. The van der Waals surface area contributed by atoms with Gasteiger partial charge < -0.3 is 4.74 Å². The molecule has 9 aromatic rings. The van der Waals surface area contributed by atoms with Crippen LogP contribution in [0.3, 0.4) is 0 Å². The molecular formula is C48H33BOSSi. The molecule has 1 aliphatic rings. The second-order valence-corrected chi connectivity index (χ2v) is 18.4. The zero-order chi connectivity index (χ0) is 34.5. The maximum absolute atomic E-state index is 6.39. The first-order valence-corrected chi connectivity index (χ1v) is 20.7.